The van der Waals surface area contributed by atoms with Gasteiger partial charge in [-0.25, -0.2) is 0 Å². The van der Waals surface area contributed by atoms with Crippen LogP contribution < -0.4 is 5.09 Å². The average molecular weight is 130 g/mol. The summed E-state index contributed by atoms with van der Waals surface area (Å²) < 4.78 is 0. The fourth-order valence-electron chi connectivity index (χ4n) is 0.172. The average Bonchev–Trinajstić information content (AvgIpc) is 1.59. The summed E-state index contributed by atoms with van der Waals surface area (Å²) in [4.78, 5) is 2.57. The van der Waals surface area contributed by atoms with Crippen molar-refractivity contribution in [3.8, 4) is 0 Å². The van der Waals surface area contributed by atoms with E-state index in [0.29, 0.717) is 0 Å². The highest BCUT2D eigenvalue weighted by Gasteiger charge is 2.15. The maximum absolute atomic E-state index is 7.85. The summed E-state index contributed by atoms with van der Waals surface area (Å²) in [5.41, 5.74) is 7.85. The molecule has 0 radical (unpaired) electrons. The SMILES string of the molecule is C[Si](C)(C)NN=[N+]=[N-]. The highest BCUT2D eigenvalue weighted by Crippen LogP contribution is 1.92. The topological polar surface area (TPSA) is 60.8 Å². The summed E-state index contributed by atoms with van der Waals surface area (Å²) in [5.74, 6) is 0. The molecule has 1 N–H and O–H groups in total. The lowest BCUT2D eigenvalue weighted by molar-refractivity contribution is 1.00. The molecule has 0 heterocycles. The second-order valence-electron chi connectivity index (χ2n) is 2.55. The predicted octanol–water partition coefficient (Wildman–Crippen LogP) is 1.64. The van der Waals surface area contributed by atoms with E-state index >= 15 is 0 Å². The summed E-state index contributed by atoms with van der Waals surface area (Å²) in [6.07, 6.45) is 0. The van der Waals surface area contributed by atoms with E-state index in [2.05, 4.69) is 34.9 Å². The van der Waals surface area contributed by atoms with E-state index in [9.17, 15) is 0 Å². The molecule has 0 spiro atoms. The molecule has 8 heavy (non-hydrogen) atoms. The van der Waals surface area contributed by atoms with Gasteiger partial charge in [0.1, 0.15) is 0 Å². The van der Waals surface area contributed by atoms with Crippen LogP contribution in [-0.2, 0) is 0 Å². The quantitative estimate of drug-likeness (QED) is 0.199. The third kappa shape index (κ3) is 5.33. The molecule has 0 amide bonds. The third-order valence-electron chi connectivity index (χ3n) is 0.430. The molecule has 0 aromatic rings. The molecule has 0 fully saturated rings. The highest BCUT2D eigenvalue weighted by atomic mass is 28.3. The number of hydrogen-bond acceptors (Lipinski definition) is 1. The fraction of sp³-hybridized carbons (Fsp3) is 1.00. The van der Waals surface area contributed by atoms with Gasteiger partial charge in [-0.3, -0.25) is 0 Å². The zero-order chi connectivity index (χ0) is 6.62. The fourth-order valence-corrected chi connectivity index (χ4v) is 0.517. The van der Waals surface area contributed by atoms with Crippen molar-refractivity contribution in [3.05, 3.63) is 10.4 Å². The van der Waals surface area contributed by atoms with Gasteiger partial charge in [0.25, 0.3) is 8.24 Å². The molecular weight excluding hydrogens is 120 g/mol. The van der Waals surface area contributed by atoms with E-state index in [0.717, 1.165) is 0 Å². The van der Waals surface area contributed by atoms with Crippen LogP contribution in [0.4, 0.5) is 0 Å². The zero-order valence-electron chi connectivity index (χ0n) is 5.34. The lowest BCUT2D eigenvalue weighted by Crippen LogP contribution is -2.36. The van der Waals surface area contributed by atoms with Crippen molar-refractivity contribution in [2.45, 2.75) is 19.6 Å². The summed E-state index contributed by atoms with van der Waals surface area (Å²) >= 11 is 0. The van der Waals surface area contributed by atoms with E-state index in [-0.39, 0.29) is 0 Å². The van der Waals surface area contributed by atoms with Crippen LogP contribution in [0.25, 0.3) is 10.4 Å². The van der Waals surface area contributed by atoms with Crippen LogP contribution >= 0.6 is 0 Å². The number of nitrogens with one attached hydrogen (secondary N) is 1. The van der Waals surface area contributed by atoms with Crippen LogP contribution in [0.1, 0.15) is 0 Å². The molecule has 0 aromatic heterocycles. The molecule has 0 aliphatic carbocycles. The second-order valence-corrected chi connectivity index (χ2v) is 7.27. The number of hydrogen-bond donors (Lipinski definition) is 1. The minimum Gasteiger partial charge on any atom is -0.309 e. The van der Waals surface area contributed by atoms with Crippen LogP contribution in [0.5, 0.6) is 0 Å². The minimum atomic E-state index is -1.35. The molecule has 0 aromatic carbocycles. The maximum Gasteiger partial charge on any atom is 0.252 e. The van der Waals surface area contributed by atoms with Crippen LogP contribution in [0.15, 0.2) is 5.22 Å². The molecular formula is C3H10N4Si. The maximum atomic E-state index is 7.85. The van der Waals surface area contributed by atoms with Crippen molar-refractivity contribution in [1.82, 2.24) is 5.09 Å². The van der Waals surface area contributed by atoms with Gasteiger partial charge in [-0.15, -0.1) is 5.53 Å². The Morgan fingerprint density at radius 2 is 2.00 bits per heavy atom. The van der Waals surface area contributed by atoms with E-state index < -0.39 is 8.24 Å². The lowest BCUT2D eigenvalue weighted by Gasteiger charge is -2.07. The summed E-state index contributed by atoms with van der Waals surface area (Å²) in [5, 5.41) is 5.95. The van der Waals surface area contributed by atoms with Gasteiger partial charge >= 0.3 is 0 Å². The first kappa shape index (κ1) is 7.33. The van der Waals surface area contributed by atoms with Gasteiger partial charge in [0.05, 0.1) is 0 Å². The molecule has 5 heteroatoms. The number of azide groups is 1. The Morgan fingerprint density at radius 1 is 1.50 bits per heavy atom. The van der Waals surface area contributed by atoms with Crippen LogP contribution in [-0.4, -0.2) is 8.24 Å². The molecule has 0 atom stereocenters. The van der Waals surface area contributed by atoms with Crippen molar-refractivity contribution in [2.75, 3.05) is 0 Å². The second kappa shape index (κ2) is 2.59. The molecule has 0 aliphatic heterocycles. The Bertz CT molecular complexity index is 109. The van der Waals surface area contributed by atoms with Crippen LogP contribution in [0.3, 0.4) is 0 Å². The van der Waals surface area contributed by atoms with E-state index in [1.165, 1.54) is 0 Å². The minimum absolute atomic E-state index is 1.35. The first-order valence-corrected chi connectivity index (χ1v) is 5.87. The third-order valence-corrected chi connectivity index (χ3v) is 1.20. The van der Waals surface area contributed by atoms with Crippen LogP contribution in [0, 0.1) is 0 Å². The Kier molecular flexibility index (Phi) is 2.37. The van der Waals surface area contributed by atoms with Crippen molar-refractivity contribution in [2.24, 2.45) is 5.22 Å². The monoisotopic (exact) mass is 130 g/mol. The Labute approximate surface area is 49.6 Å². The summed E-state index contributed by atoms with van der Waals surface area (Å²) in [6, 6.07) is 0. The van der Waals surface area contributed by atoms with Gasteiger partial charge in [0.2, 0.25) is 0 Å². The molecule has 46 valence electrons. The highest BCUT2D eigenvalue weighted by molar-refractivity contribution is 6.73. The summed E-state index contributed by atoms with van der Waals surface area (Å²) in [7, 11) is -1.35. The predicted molar refractivity (Wildman–Crippen MR) is 35.6 cm³/mol. The summed E-state index contributed by atoms with van der Waals surface area (Å²) in [6.45, 7) is 6.17. The van der Waals surface area contributed by atoms with Gasteiger partial charge in [0, 0.05) is 0 Å². The molecule has 0 saturated carbocycles. The van der Waals surface area contributed by atoms with Crippen molar-refractivity contribution in [1.29, 1.82) is 0 Å². The molecule has 0 saturated heterocycles. The molecule has 4 nitrogen and oxygen atoms in total. The lowest BCUT2D eigenvalue weighted by atomic mass is 11.8. The van der Waals surface area contributed by atoms with Crippen molar-refractivity contribution >= 4 is 8.24 Å². The Morgan fingerprint density at radius 3 is 2.12 bits per heavy atom. The first-order chi connectivity index (χ1) is 3.56. The normalized spacial score (nSPS) is 9.88. The molecule has 0 aliphatic rings. The largest absolute Gasteiger partial charge is 0.309 e. The molecule has 0 unspecified atom stereocenters. The van der Waals surface area contributed by atoms with E-state index in [4.69, 9.17) is 5.53 Å². The van der Waals surface area contributed by atoms with Gasteiger partial charge in [-0.1, -0.05) is 0 Å². The number of rotatable bonds is 2. The first-order valence-electron chi connectivity index (χ1n) is 2.37. The van der Waals surface area contributed by atoms with Gasteiger partial charge in [-0.2, -0.15) is 4.91 Å². The zero-order valence-corrected chi connectivity index (χ0v) is 6.34. The van der Waals surface area contributed by atoms with Gasteiger partial charge in [-0.05, 0) is 24.9 Å². The van der Waals surface area contributed by atoms with Gasteiger partial charge in [0.15, 0.2) is 0 Å². The Hall–Kier alpha value is -0.673. The molecule has 0 bridgehead atoms. The Balaban J connectivity index is 3.55. The smallest absolute Gasteiger partial charge is 0.252 e. The van der Waals surface area contributed by atoms with Crippen molar-refractivity contribution in [3.63, 3.8) is 0 Å². The number of nitrogens with zero attached hydrogens (tertiary/aromatic N) is 3. The van der Waals surface area contributed by atoms with E-state index in [1.54, 1.807) is 0 Å². The van der Waals surface area contributed by atoms with Gasteiger partial charge < -0.3 is 5.09 Å². The molecule has 0 rings (SSSR count). The van der Waals surface area contributed by atoms with Crippen molar-refractivity contribution < 1.29 is 0 Å². The standard InChI is InChI=1S/C3H10N4Si/c1-8(2,3)7-6-5-4/h7H,1-3H3. The van der Waals surface area contributed by atoms with E-state index in [1.807, 2.05) is 0 Å². The van der Waals surface area contributed by atoms with Crippen LogP contribution in [0.2, 0.25) is 19.6 Å².